The summed E-state index contributed by atoms with van der Waals surface area (Å²) in [6.45, 7) is 4.38. The Morgan fingerprint density at radius 2 is 2.03 bits per heavy atom. The van der Waals surface area contributed by atoms with Gasteiger partial charge in [-0.1, -0.05) is 30.3 Å². The maximum absolute atomic E-state index is 12.4. The van der Waals surface area contributed by atoms with Crippen LogP contribution in [0.5, 0.6) is 0 Å². The van der Waals surface area contributed by atoms with E-state index < -0.39 is 0 Å². The van der Waals surface area contributed by atoms with E-state index in [1.807, 2.05) is 5.38 Å². The molecule has 1 fully saturated rings. The van der Waals surface area contributed by atoms with Crippen LogP contribution in [0, 0.1) is 11.3 Å². The van der Waals surface area contributed by atoms with Crippen LogP contribution in [-0.2, 0) is 22.5 Å². The molecular weight excluding hydrogens is 396 g/mol. The van der Waals surface area contributed by atoms with Crippen molar-refractivity contribution >= 4 is 22.9 Å². The van der Waals surface area contributed by atoms with Gasteiger partial charge in [-0.25, -0.2) is 4.98 Å². The summed E-state index contributed by atoms with van der Waals surface area (Å²) in [6, 6.07) is 17.5. The Morgan fingerprint density at radius 1 is 1.20 bits per heavy atom. The van der Waals surface area contributed by atoms with E-state index in [-0.39, 0.29) is 12.3 Å². The first-order chi connectivity index (χ1) is 14.7. The molecule has 1 amide bonds. The molecule has 0 aliphatic carbocycles. The van der Waals surface area contributed by atoms with E-state index in [0.29, 0.717) is 11.3 Å². The SMILES string of the molecule is N#Cc1ccccc1NC(=O)Cc1csc(-c2cccc(CN3CCOCC3)c2)n1. The topological polar surface area (TPSA) is 78.2 Å². The van der Waals surface area contributed by atoms with Crippen molar-refractivity contribution < 1.29 is 9.53 Å². The molecule has 1 saturated heterocycles. The molecule has 1 aromatic heterocycles. The summed E-state index contributed by atoms with van der Waals surface area (Å²) < 4.78 is 5.42. The molecule has 0 bridgehead atoms. The lowest BCUT2D eigenvalue weighted by Crippen LogP contribution is -2.35. The van der Waals surface area contributed by atoms with Crippen LogP contribution < -0.4 is 5.32 Å². The number of aromatic nitrogens is 1. The lowest BCUT2D eigenvalue weighted by molar-refractivity contribution is -0.115. The number of nitrogens with one attached hydrogen (secondary N) is 1. The number of hydrogen-bond donors (Lipinski definition) is 1. The second-order valence-corrected chi connectivity index (χ2v) is 7.97. The number of carbonyl (C=O) groups is 1. The van der Waals surface area contributed by atoms with Gasteiger partial charge < -0.3 is 10.1 Å². The maximum Gasteiger partial charge on any atom is 0.230 e. The van der Waals surface area contributed by atoms with E-state index >= 15 is 0 Å². The van der Waals surface area contributed by atoms with E-state index in [1.54, 1.807) is 24.3 Å². The van der Waals surface area contributed by atoms with Gasteiger partial charge in [0.15, 0.2) is 0 Å². The molecule has 2 aromatic carbocycles. The van der Waals surface area contributed by atoms with E-state index in [2.05, 4.69) is 45.5 Å². The molecule has 0 atom stereocenters. The maximum atomic E-state index is 12.4. The number of rotatable bonds is 6. The molecule has 1 N–H and O–H groups in total. The van der Waals surface area contributed by atoms with Crippen LogP contribution >= 0.6 is 11.3 Å². The molecule has 30 heavy (non-hydrogen) atoms. The van der Waals surface area contributed by atoms with Crippen LogP contribution in [0.2, 0.25) is 0 Å². The molecule has 0 radical (unpaired) electrons. The summed E-state index contributed by atoms with van der Waals surface area (Å²) in [5.41, 5.74) is 4.00. The van der Waals surface area contributed by atoms with Crippen LogP contribution in [-0.4, -0.2) is 42.1 Å². The number of carbonyl (C=O) groups excluding carboxylic acids is 1. The van der Waals surface area contributed by atoms with Crippen LogP contribution in [0.1, 0.15) is 16.8 Å². The number of morpholine rings is 1. The Labute approximate surface area is 179 Å². The van der Waals surface area contributed by atoms with Gasteiger partial charge in [0, 0.05) is 30.6 Å². The monoisotopic (exact) mass is 418 g/mol. The average molecular weight is 419 g/mol. The lowest BCUT2D eigenvalue weighted by atomic mass is 10.1. The summed E-state index contributed by atoms with van der Waals surface area (Å²) in [5, 5.41) is 14.8. The van der Waals surface area contributed by atoms with E-state index in [4.69, 9.17) is 10.00 Å². The lowest BCUT2D eigenvalue weighted by Gasteiger charge is -2.26. The number of thiazole rings is 1. The van der Waals surface area contributed by atoms with Crippen molar-refractivity contribution in [2.75, 3.05) is 31.6 Å². The smallest absolute Gasteiger partial charge is 0.230 e. The third-order valence-electron chi connectivity index (χ3n) is 4.90. The fourth-order valence-corrected chi connectivity index (χ4v) is 4.21. The van der Waals surface area contributed by atoms with Crippen molar-refractivity contribution in [3.8, 4) is 16.6 Å². The van der Waals surface area contributed by atoms with E-state index in [9.17, 15) is 4.79 Å². The summed E-state index contributed by atoms with van der Waals surface area (Å²) in [4.78, 5) is 19.4. The standard InChI is InChI=1S/C23H22N4O2S/c24-14-19-5-1-2-7-21(19)26-22(28)13-20-16-30-23(25-20)18-6-3-4-17(12-18)15-27-8-10-29-11-9-27/h1-7,12,16H,8-11,13,15H2,(H,26,28). The quantitative estimate of drug-likeness (QED) is 0.660. The molecule has 0 spiro atoms. The van der Waals surface area contributed by atoms with E-state index in [0.717, 1.165) is 49.1 Å². The predicted octanol–water partition coefficient (Wildman–Crippen LogP) is 3.70. The molecule has 7 heteroatoms. The van der Waals surface area contributed by atoms with Crippen molar-refractivity contribution in [1.29, 1.82) is 5.26 Å². The van der Waals surface area contributed by atoms with Gasteiger partial charge in [0.2, 0.25) is 5.91 Å². The number of nitriles is 1. The predicted molar refractivity (Wildman–Crippen MR) is 117 cm³/mol. The van der Waals surface area contributed by atoms with Gasteiger partial charge >= 0.3 is 0 Å². The van der Waals surface area contributed by atoms with Gasteiger partial charge in [0.25, 0.3) is 0 Å². The third kappa shape index (κ3) is 5.10. The van der Waals surface area contributed by atoms with Gasteiger partial charge in [-0.05, 0) is 23.8 Å². The largest absolute Gasteiger partial charge is 0.379 e. The molecule has 3 aromatic rings. The van der Waals surface area contributed by atoms with Crippen LogP contribution in [0.4, 0.5) is 5.69 Å². The number of nitrogens with zero attached hydrogens (tertiary/aromatic N) is 3. The first kappa shape index (κ1) is 20.2. The zero-order chi connectivity index (χ0) is 20.8. The minimum absolute atomic E-state index is 0.170. The summed E-state index contributed by atoms with van der Waals surface area (Å²) in [6.07, 6.45) is 0.170. The van der Waals surface area contributed by atoms with Gasteiger partial charge in [-0.15, -0.1) is 11.3 Å². The molecule has 4 rings (SSSR count). The van der Waals surface area contributed by atoms with Crippen molar-refractivity contribution in [3.63, 3.8) is 0 Å². The van der Waals surface area contributed by atoms with Gasteiger partial charge in [0.1, 0.15) is 11.1 Å². The van der Waals surface area contributed by atoms with Crippen molar-refractivity contribution in [2.24, 2.45) is 0 Å². The number of ether oxygens (including phenoxy) is 1. The summed E-state index contributed by atoms with van der Waals surface area (Å²) in [5.74, 6) is -0.185. The van der Waals surface area contributed by atoms with Gasteiger partial charge in [0.05, 0.1) is 36.6 Å². The molecule has 0 saturated carbocycles. The van der Waals surface area contributed by atoms with Crippen LogP contribution in [0.3, 0.4) is 0 Å². The normalized spacial score (nSPS) is 14.2. The number of hydrogen-bond acceptors (Lipinski definition) is 6. The second-order valence-electron chi connectivity index (χ2n) is 7.12. The van der Waals surface area contributed by atoms with Crippen molar-refractivity contribution in [1.82, 2.24) is 9.88 Å². The minimum Gasteiger partial charge on any atom is -0.379 e. The number of amides is 1. The molecule has 2 heterocycles. The molecule has 6 nitrogen and oxygen atoms in total. The Kier molecular flexibility index (Phi) is 6.50. The Hall–Kier alpha value is -3.05. The minimum atomic E-state index is -0.185. The Balaban J connectivity index is 1.40. The zero-order valence-electron chi connectivity index (χ0n) is 16.5. The third-order valence-corrected chi connectivity index (χ3v) is 5.84. The summed E-state index contributed by atoms with van der Waals surface area (Å²) >= 11 is 1.54. The van der Waals surface area contributed by atoms with Crippen molar-refractivity contribution in [3.05, 3.63) is 70.7 Å². The van der Waals surface area contributed by atoms with Gasteiger partial charge in [-0.2, -0.15) is 5.26 Å². The average Bonchev–Trinajstić information content (AvgIpc) is 3.23. The number of anilines is 1. The molecular formula is C23H22N4O2S. The fourth-order valence-electron chi connectivity index (χ4n) is 3.39. The highest BCUT2D eigenvalue weighted by Gasteiger charge is 2.13. The molecule has 1 aliphatic rings. The first-order valence-electron chi connectivity index (χ1n) is 9.84. The highest BCUT2D eigenvalue weighted by atomic mass is 32.1. The van der Waals surface area contributed by atoms with E-state index in [1.165, 1.54) is 16.9 Å². The van der Waals surface area contributed by atoms with Crippen LogP contribution in [0.25, 0.3) is 10.6 Å². The van der Waals surface area contributed by atoms with Gasteiger partial charge in [-0.3, -0.25) is 9.69 Å². The first-order valence-corrected chi connectivity index (χ1v) is 10.7. The number of benzene rings is 2. The Bertz CT molecular complexity index is 1070. The highest BCUT2D eigenvalue weighted by molar-refractivity contribution is 7.13. The highest BCUT2D eigenvalue weighted by Crippen LogP contribution is 2.25. The van der Waals surface area contributed by atoms with Crippen LogP contribution in [0.15, 0.2) is 53.9 Å². The fraction of sp³-hybridized carbons (Fsp3) is 0.261. The summed E-state index contributed by atoms with van der Waals surface area (Å²) in [7, 11) is 0. The van der Waals surface area contributed by atoms with Crippen molar-refractivity contribution in [2.45, 2.75) is 13.0 Å². The molecule has 152 valence electrons. The Morgan fingerprint density at radius 3 is 2.87 bits per heavy atom. The molecule has 0 unspecified atom stereocenters. The number of para-hydroxylation sites is 1. The second kappa shape index (κ2) is 9.63. The zero-order valence-corrected chi connectivity index (χ0v) is 17.3. The molecule has 1 aliphatic heterocycles.